The van der Waals surface area contributed by atoms with E-state index in [4.69, 9.17) is 9.47 Å². The highest BCUT2D eigenvalue weighted by molar-refractivity contribution is 5.96. The van der Waals surface area contributed by atoms with Crippen LogP contribution in [0.4, 0.5) is 5.82 Å². The van der Waals surface area contributed by atoms with Gasteiger partial charge in [-0.15, -0.1) is 0 Å². The standard InChI is InChI=1S/C24H32N4O4/c1-2-32-24-19(8-9-22(27-24)28-10-5-12-31-13-11-28)23(30)26-16-21(29)20-14-17-6-3-4-7-18(17)15-25-20/h3-4,6-9,20-21,25,29H,2,5,10-16H2,1H3,(H,26,30). The number of rotatable bonds is 7. The van der Waals surface area contributed by atoms with Crippen molar-refractivity contribution in [2.75, 3.05) is 44.4 Å². The Balaban J connectivity index is 1.39. The fourth-order valence-corrected chi connectivity index (χ4v) is 4.19. The summed E-state index contributed by atoms with van der Waals surface area (Å²) in [5.41, 5.74) is 2.86. The van der Waals surface area contributed by atoms with Crippen molar-refractivity contribution in [2.45, 2.75) is 38.5 Å². The third-order valence-corrected chi connectivity index (χ3v) is 5.97. The Morgan fingerprint density at radius 1 is 1.28 bits per heavy atom. The number of carbonyl (C=O) groups is 1. The summed E-state index contributed by atoms with van der Waals surface area (Å²) in [6.07, 6.45) is 0.964. The Morgan fingerprint density at radius 2 is 2.12 bits per heavy atom. The van der Waals surface area contributed by atoms with Crippen molar-refractivity contribution < 1.29 is 19.4 Å². The van der Waals surface area contributed by atoms with E-state index in [1.165, 1.54) is 11.1 Å². The molecule has 1 fully saturated rings. The number of hydrogen-bond acceptors (Lipinski definition) is 7. The third kappa shape index (κ3) is 5.38. The number of hydrogen-bond donors (Lipinski definition) is 3. The van der Waals surface area contributed by atoms with Gasteiger partial charge in [0.25, 0.3) is 5.91 Å². The minimum absolute atomic E-state index is 0.109. The molecule has 3 heterocycles. The van der Waals surface area contributed by atoms with Crippen molar-refractivity contribution >= 4 is 11.7 Å². The molecule has 1 aromatic carbocycles. The van der Waals surface area contributed by atoms with E-state index in [1.807, 2.05) is 25.1 Å². The second kappa shape index (κ2) is 10.8. The molecule has 0 saturated carbocycles. The van der Waals surface area contributed by atoms with Gasteiger partial charge >= 0.3 is 0 Å². The Kier molecular flexibility index (Phi) is 7.57. The van der Waals surface area contributed by atoms with E-state index in [1.54, 1.807) is 6.07 Å². The molecule has 8 nitrogen and oxygen atoms in total. The Labute approximate surface area is 188 Å². The van der Waals surface area contributed by atoms with Crippen LogP contribution in [0, 0.1) is 0 Å². The number of aliphatic hydroxyl groups excluding tert-OH is 1. The van der Waals surface area contributed by atoms with E-state index in [9.17, 15) is 9.90 Å². The summed E-state index contributed by atoms with van der Waals surface area (Å²) in [5.74, 6) is 0.787. The first-order valence-corrected chi connectivity index (χ1v) is 11.4. The lowest BCUT2D eigenvalue weighted by Gasteiger charge is -2.30. The SMILES string of the molecule is CCOc1nc(N2CCCOCC2)ccc1C(=O)NCC(O)C1Cc2ccccc2CN1. The highest BCUT2D eigenvalue weighted by atomic mass is 16.5. The molecule has 8 heteroatoms. The molecular formula is C24H32N4O4. The molecule has 0 aliphatic carbocycles. The summed E-state index contributed by atoms with van der Waals surface area (Å²) in [6.45, 7) is 6.16. The van der Waals surface area contributed by atoms with Crippen LogP contribution in [0.1, 0.15) is 34.8 Å². The zero-order valence-corrected chi connectivity index (χ0v) is 18.5. The molecule has 1 aromatic heterocycles. The largest absolute Gasteiger partial charge is 0.477 e. The normalized spacial score (nSPS) is 19.6. The third-order valence-electron chi connectivity index (χ3n) is 5.97. The van der Waals surface area contributed by atoms with Gasteiger partial charge in [0.2, 0.25) is 5.88 Å². The fraction of sp³-hybridized carbons (Fsp3) is 0.500. The van der Waals surface area contributed by atoms with Gasteiger partial charge in [0.15, 0.2) is 0 Å². The van der Waals surface area contributed by atoms with Crippen LogP contribution >= 0.6 is 0 Å². The molecule has 172 valence electrons. The van der Waals surface area contributed by atoms with Crippen LogP contribution in [0.15, 0.2) is 36.4 Å². The molecule has 3 N–H and O–H groups in total. The van der Waals surface area contributed by atoms with Gasteiger partial charge in [-0.3, -0.25) is 4.79 Å². The Bertz CT molecular complexity index is 915. The number of benzene rings is 1. The molecule has 2 aromatic rings. The highest BCUT2D eigenvalue weighted by Gasteiger charge is 2.25. The van der Waals surface area contributed by atoms with Crippen molar-refractivity contribution in [3.8, 4) is 5.88 Å². The van der Waals surface area contributed by atoms with Gasteiger partial charge in [-0.1, -0.05) is 24.3 Å². The van der Waals surface area contributed by atoms with Crippen LogP contribution in [0.3, 0.4) is 0 Å². The maximum absolute atomic E-state index is 12.9. The summed E-state index contributed by atoms with van der Waals surface area (Å²) in [7, 11) is 0. The minimum Gasteiger partial charge on any atom is -0.477 e. The van der Waals surface area contributed by atoms with Crippen molar-refractivity contribution in [2.24, 2.45) is 0 Å². The average molecular weight is 441 g/mol. The van der Waals surface area contributed by atoms with Crippen molar-refractivity contribution in [3.05, 3.63) is 53.1 Å². The summed E-state index contributed by atoms with van der Waals surface area (Å²) in [6, 6.07) is 11.7. The van der Waals surface area contributed by atoms with Gasteiger partial charge in [-0.2, -0.15) is 4.98 Å². The van der Waals surface area contributed by atoms with Crippen molar-refractivity contribution in [3.63, 3.8) is 0 Å². The van der Waals surface area contributed by atoms with Gasteiger partial charge in [-0.25, -0.2) is 0 Å². The highest BCUT2D eigenvalue weighted by Crippen LogP contribution is 2.23. The van der Waals surface area contributed by atoms with E-state index < -0.39 is 6.10 Å². The lowest BCUT2D eigenvalue weighted by molar-refractivity contribution is 0.0866. The Morgan fingerprint density at radius 3 is 2.97 bits per heavy atom. The first-order valence-electron chi connectivity index (χ1n) is 11.4. The molecular weight excluding hydrogens is 408 g/mol. The number of aromatic nitrogens is 1. The van der Waals surface area contributed by atoms with Crippen LogP contribution in [0.2, 0.25) is 0 Å². The molecule has 2 unspecified atom stereocenters. The molecule has 2 atom stereocenters. The maximum Gasteiger partial charge on any atom is 0.256 e. The molecule has 2 aliphatic rings. The van der Waals surface area contributed by atoms with E-state index in [2.05, 4.69) is 32.7 Å². The molecule has 1 amide bonds. The zero-order chi connectivity index (χ0) is 22.3. The number of fused-ring (bicyclic) bond motifs is 1. The monoisotopic (exact) mass is 440 g/mol. The number of pyridine rings is 1. The summed E-state index contributed by atoms with van der Waals surface area (Å²) in [4.78, 5) is 19.6. The summed E-state index contributed by atoms with van der Waals surface area (Å²) in [5, 5.41) is 16.9. The molecule has 0 spiro atoms. The van der Waals surface area contributed by atoms with Gasteiger partial charge < -0.3 is 30.1 Å². The second-order valence-electron chi connectivity index (χ2n) is 8.15. The lowest BCUT2D eigenvalue weighted by Crippen LogP contribution is -2.49. The van der Waals surface area contributed by atoms with E-state index in [0.29, 0.717) is 31.2 Å². The molecule has 4 rings (SSSR count). The molecule has 0 radical (unpaired) electrons. The van der Waals surface area contributed by atoms with Gasteiger partial charge in [0.1, 0.15) is 11.4 Å². The number of aliphatic hydroxyl groups is 1. The second-order valence-corrected chi connectivity index (χ2v) is 8.15. The minimum atomic E-state index is -0.702. The Hall–Kier alpha value is -2.68. The van der Waals surface area contributed by atoms with Gasteiger partial charge in [-0.05, 0) is 43.0 Å². The number of nitrogens with zero attached hydrogens (tertiary/aromatic N) is 2. The quantitative estimate of drug-likeness (QED) is 0.601. The number of anilines is 1. The molecule has 0 bridgehead atoms. The van der Waals surface area contributed by atoms with Gasteiger partial charge in [0.05, 0.1) is 19.3 Å². The van der Waals surface area contributed by atoms with E-state index >= 15 is 0 Å². The predicted molar refractivity (Wildman–Crippen MR) is 122 cm³/mol. The first kappa shape index (κ1) is 22.5. The number of carbonyl (C=O) groups excluding carboxylic acids is 1. The number of amides is 1. The first-order chi connectivity index (χ1) is 15.7. The smallest absolute Gasteiger partial charge is 0.256 e. The molecule has 2 aliphatic heterocycles. The van der Waals surface area contributed by atoms with Crippen molar-refractivity contribution in [1.29, 1.82) is 0 Å². The van der Waals surface area contributed by atoms with E-state index in [-0.39, 0.29) is 18.5 Å². The summed E-state index contributed by atoms with van der Waals surface area (Å²) < 4.78 is 11.2. The number of nitrogens with one attached hydrogen (secondary N) is 2. The van der Waals surface area contributed by atoms with Crippen LogP contribution < -0.4 is 20.3 Å². The average Bonchev–Trinajstić information content (AvgIpc) is 3.12. The fourth-order valence-electron chi connectivity index (χ4n) is 4.19. The van der Waals surface area contributed by atoms with Crippen LogP contribution in [-0.2, 0) is 17.7 Å². The van der Waals surface area contributed by atoms with Crippen LogP contribution in [0.25, 0.3) is 0 Å². The number of ether oxygens (including phenoxy) is 2. The van der Waals surface area contributed by atoms with Crippen molar-refractivity contribution in [1.82, 2.24) is 15.6 Å². The van der Waals surface area contributed by atoms with Crippen LogP contribution in [0.5, 0.6) is 5.88 Å². The zero-order valence-electron chi connectivity index (χ0n) is 18.5. The summed E-state index contributed by atoms with van der Waals surface area (Å²) >= 11 is 0. The molecule has 1 saturated heterocycles. The van der Waals surface area contributed by atoms with Gasteiger partial charge in [0, 0.05) is 38.8 Å². The predicted octanol–water partition coefficient (Wildman–Crippen LogP) is 1.51. The topological polar surface area (TPSA) is 96.0 Å². The lowest BCUT2D eigenvalue weighted by atomic mass is 9.93. The molecule has 32 heavy (non-hydrogen) atoms. The van der Waals surface area contributed by atoms with E-state index in [0.717, 1.165) is 38.4 Å². The van der Waals surface area contributed by atoms with Crippen LogP contribution in [-0.4, -0.2) is 67.6 Å². The maximum atomic E-state index is 12.9.